The minimum absolute atomic E-state index is 0.123. The van der Waals surface area contributed by atoms with Gasteiger partial charge in [0.15, 0.2) is 0 Å². The van der Waals surface area contributed by atoms with Gasteiger partial charge in [-0.15, -0.1) is 0 Å². The molecule has 1 atom stereocenters. The second-order valence-corrected chi connectivity index (χ2v) is 7.86. The number of nitrogens with one attached hydrogen (secondary N) is 1. The third kappa shape index (κ3) is 4.68. The molecule has 0 saturated carbocycles. The van der Waals surface area contributed by atoms with E-state index in [1.54, 1.807) is 30.3 Å². The molecule has 1 unspecified atom stereocenters. The van der Waals surface area contributed by atoms with Crippen LogP contribution in [0.3, 0.4) is 0 Å². The molecule has 8 nitrogen and oxygen atoms in total. The Morgan fingerprint density at radius 1 is 1.22 bits per heavy atom. The monoisotopic (exact) mass is 443 g/mol. The van der Waals surface area contributed by atoms with E-state index in [0.717, 1.165) is 5.56 Å². The summed E-state index contributed by atoms with van der Waals surface area (Å²) in [6, 6.07) is 9.77. The third-order valence-corrected chi connectivity index (χ3v) is 5.74. The molecule has 0 bridgehead atoms. The number of carbonyl (C=O) groups excluding carboxylic acids is 2. The van der Waals surface area contributed by atoms with Gasteiger partial charge in [-0.1, -0.05) is 6.07 Å². The van der Waals surface area contributed by atoms with Crippen LogP contribution in [-0.2, 0) is 16.1 Å². The van der Waals surface area contributed by atoms with Crippen molar-refractivity contribution < 1.29 is 28.6 Å². The van der Waals surface area contributed by atoms with Crippen molar-refractivity contribution in [3.8, 4) is 0 Å². The molecule has 2 saturated heterocycles. The number of carbonyl (C=O) groups is 2. The summed E-state index contributed by atoms with van der Waals surface area (Å²) in [4.78, 5) is 28.0. The second-order valence-electron chi connectivity index (χ2n) is 7.86. The zero-order valence-corrected chi connectivity index (χ0v) is 17.8. The Labute approximate surface area is 185 Å². The Bertz CT molecular complexity index is 1010. The number of halogens is 1. The summed E-state index contributed by atoms with van der Waals surface area (Å²) in [6.45, 7) is 4.37. The van der Waals surface area contributed by atoms with Crippen molar-refractivity contribution in [2.24, 2.45) is 0 Å². The first kappa shape index (κ1) is 22.0. The van der Waals surface area contributed by atoms with Crippen molar-refractivity contribution in [3.05, 3.63) is 58.9 Å². The van der Waals surface area contributed by atoms with Gasteiger partial charge in [0.25, 0.3) is 5.91 Å². The lowest BCUT2D eigenvalue weighted by atomic mass is 10.1. The van der Waals surface area contributed by atoms with Crippen molar-refractivity contribution in [1.82, 2.24) is 5.32 Å². The van der Waals surface area contributed by atoms with Gasteiger partial charge in [0.1, 0.15) is 11.9 Å². The van der Waals surface area contributed by atoms with E-state index in [4.69, 9.17) is 9.47 Å². The summed E-state index contributed by atoms with van der Waals surface area (Å²) in [5.41, 5.74) is 2.88. The Hall–Kier alpha value is -3.17. The fourth-order valence-electron chi connectivity index (χ4n) is 3.85. The molecule has 9 heteroatoms. The van der Waals surface area contributed by atoms with Gasteiger partial charge in [-0.25, -0.2) is 9.18 Å². The Kier molecular flexibility index (Phi) is 6.57. The van der Waals surface area contributed by atoms with Gasteiger partial charge >= 0.3 is 6.09 Å². The third-order valence-electron chi connectivity index (χ3n) is 5.74. The van der Waals surface area contributed by atoms with Crippen LogP contribution in [0.15, 0.2) is 36.4 Å². The highest BCUT2D eigenvalue weighted by atomic mass is 19.1. The highest BCUT2D eigenvalue weighted by Gasteiger charge is 2.33. The maximum absolute atomic E-state index is 14.7. The van der Waals surface area contributed by atoms with E-state index >= 15 is 0 Å². The molecule has 0 spiro atoms. The number of nitrogens with zero attached hydrogens (tertiary/aromatic N) is 2. The minimum atomic E-state index is -0.583. The summed E-state index contributed by atoms with van der Waals surface area (Å²) in [7, 11) is 0. The summed E-state index contributed by atoms with van der Waals surface area (Å²) >= 11 is 0. The van der Waals surface area contributed by atoms with Gasteiger partial charge in [0, 0.05) is 18.7 Å². The number of aliphatic hydroxyl groups excluding tert-OH is 1. The Morgan fingerprint density at radius 3 is 2.72 bits per heavy atom. The average molecular weight is 443 g/mol. The number of anilines is 2. The smallest absolute Gasteiger partial charge is 0.414 e. The van der Waals surface area contributed by atoms with Crippen LogP contribution in [0.1, 0.15) is 21.5 Å². The SMILES string of the molecule is Cc1ccc(C(=O)NCC2CN(c3ccc(N4CCOCC4)c(F)c3)C(=O)O2)cc1CO. The molecular formula is C23H26FN3O5. The number of ether oxygens (including phenoxy) is 2. The van der Waals surface area contributed by atoms with Crippen LogP contribution in [0.4, 0.5) is 20.6 Å². The number of aliphatic hydroxyl groups is 1. The molecule has 32 heavy (non-hydrogen) atoms. The number of aryl methyl sites for hydroxylation is 1. The highest BCUT2D eigenvalue weighted by molar-refractivity contribution is 5.94. The lowest BCUT2D eigenvalue weighted by Crippen LogP contribution is -2.37. The lowest BCUT2D eigenvalue weighted by Gasteiger charge is -2.29. The molecule has 2 aliphatic heterocycles. The fourth-order valence-corrected chi connectivity index (χ4v) is 3.85. The highest BCUT2D eigenvalue weighted by Crippen LogP contribution is 2.28. The van der Waals surface area contributed by atoms with Gasteiger partial charge in [-0.2, -0.15) is 0 Å². The maximum Gasteiger partial charge on any atom is 0.414 e. The Balaban J connectivity index is 1.37. The van der Waals surface area contributed by atoms with Crippen LogP contribution in [0, 0.1) is 12.7 Å². The molecule has 2 N–H and O–H groups in total. The van der Waals surface area contributed by atoms with E-state index in [1.807, 2.05) is 11.8 Å². The lowest BCUT2D eigenvalue weighted by molar-refractivity contribution is 0.0916. The van der Waals surface area contributed by atoms with E-state index < -0.39 is 18.0 Å². The number of rotatable bonds is 6. The molecule has 0 radical (unpaired) electrons. The van der Waals surface area contributed by atoms with Crippen LogP contribution >= 0.6 is 0 Å². The molecule has 2 fully saturated rings. The fraction of sp³-hybridized carbons (Fsp3) is 0.391. The zero-order valence-electron chi connectivity index (χ0n) is 17.8. The van der Waals surface area contributed by atoms with Crippen LogP contribution in [0.5, 0.6) is 0 Å². The second kappa shape index (κ2) is 9.54. The predicted octanol–water partition coefficient (Wildman–Crippen LogP) is 2.22. The van der Waals surface area contributed by atoms with Crippen molar-refractivity contribution in [1.29, 1.82) is 0 Å². The van der Waals surface area contributed by atoms with E-state index in [-0.39, 0.29) is 25.6 Å². The van der Waals surface area contributed by atoms with Gasteiger partial charge in [0.2, 0.25) is 0 Å². The molecule has 170 valence electrons. The topological polar surface area (TPSA) is 91.3 Å². The van der Waals surface area contributed by atoms with E-state index in [2.05, 4.69) is 5.32 Å². The molecule has 2 amide bonds. The van der Waals surface area contributed by atoms with Gasteiger partial charge < -0.3 is 24.8 Å². The number of morpholine rings is 1. The van der Waals surface area contributed by atoms with Gasteiger partial charge in [-0.3, -0.25) is 9.69 Å². The average Bonchev–Trinajstić information content (AvgIpc) is 3.18. The summed E-state index contributed by atoms with van der Waals surface area (Å²) < 4.78 is 25.4. The first-order valence-corrected chi connectivity index (χ1v) is 10.5. The standard InChI is InChI=1S/C23H26FN3O5/c1-15-2-3-16(10-17(15)14-28)22(29)25-12-19-13-27(23(30)32-19)18-4-5-21(20(24)11-18)26-6-8-31-9-7-26/h2-5,10-11,19,28H,6-9,12-14H2,1H3,(H,25,29). The van der Waals surface area contributed by atoms with E-state index in [0.29, 0.717) is 48.8 Å². The van der Waals surface area contributed by atoms with E-state index in [9.17, 15) is 19.1 Å². The number of cyclic esters (lactones) is 1. The largest absolute Gasteiger partial charge is 0.442 e. The van der Waals surface area contributed by atoms with Crippen molar-refractivity contribution in [2.45, 2.75) is 19.6 Å². The van der Waals surface area contributed by atoms with Crippen molar-refractivity contribution >= 4 is 23.4 Å². The quantitative estimate of drug-likeness (QED) is 0.712. The molecule has 0 aromatic heterocycles. The van der Waals surface area contributed by atoms with Crippen molar-refractivity contribution in [3.63, 3.8) is 0 Å². The maximum atomic E-state index is 14.7. The molecule has 2 aromatic carbocycles. The van der Waals surface area contributed by atoms with Crippen molar-refractivity contribution in [2.75, 3.05) is 49.2 Å². The minimum Gasteiger partial charge on any atom is -0.442 e. The first-order chi connectivity index (χ1) is 15.5. The number of amides is 2. The van der Waals surface area contributed by atoms with Gasteiger partial charge in [0.05, 0.1) is 44.3 Å². The van der Waals surface area contributed by atoms with Gasteiger partial charge in [-0.05, 0) is 48.4 Å². The number of benzene rings is 2. The number of hydrogen-bond acceptors (Lipinski definition) is 6. The summed E-state index contributed by atoms with van der Waals surface area (Å²) in [5, 5.41) is 12.1. The summed E-state index contributed by atoms with van der Waals surface area (Å²) in [5.74, 6) is -0.733. The normalized spacial score (nSPS) is 18.6. The molecular weight excluding hydrogens is 417 g/mol. The molecule has 2 heterocycles. The Morgan fingerprint density at radius 2 is 2.00 bits per heavy atom. The van der Waals surface area contributed by atoms with Crippen LogP contribution in [-0.4, -0.2) is 62.6 Å². The predicted molar refractivity (Wildman–Crippen MR) is 116 cm³/mol. The zero-order chi connectivity index (χ0) is 22.7. The number of hydrogen-bond donors (Lipinski definition) is 2. The summed E-state index contributed by atoms with van der Waals surface area (Å²) in [6.07, 6.45) is -1.14. The van der Waals surface area contributed by atoms with Crippen LogP contribution < -0.4 is 15.1 Å². The molecule has 4 rings (SSSR count). The molecule has 2 aromatic rings. The first-order valence-electron chi connectivity index (χ1n) is 10.5. The molecule has 0 aliphatic carbocycles. The molecule has 2 aliphatic rings. The van der Waals surface area contributed by atoms with Crippen LogP contribution in [0.2, 0.25) is 0 Å². The van der Waals surface area contributed by atoms with E-state index in [1.165, 1.54) is 11.0 Å². The van der Waals surface area contributed by atoms with Crippen LogP contribution in [0.25, 0.3) is 0 Å².